The van der Waals surface area contributed by atoms with Crippen molar-refractivity contribution in [2.45, 2.75) is 13.3 Å². The number of hydrogen-bond donors (Lipinski definition) is 0. The van der Waals surface area contributed by atoms with Gasteiger partial charge in [-0.05, 0) is 30.2 Å². The molecule has 0 aliphatic carbocycles. The van der Waals surface area contributed by atoms with Crippen molar-refractivity contribution >= 4 is 11.6 Å². The van der Waals surface area contributed by atoms with Crippen LogP contribution >= 0.6 is 11.6 Å². The number of benzene rings is 1. The molecule has 2 rings (SSSR count). The fraction of sp³-hybridized carbons (Fsp3) is 0.250. The zero-order valence-electron chi connectivity index (χ0n) is 10.4. The number of rotatable bonds is 5. The summed E-state index contributed by atoms with van der Waals surface area (Å²) in [5.74, 6) is -1.75. The van der Waals surface area contributed by atoms with Crippen molar-refractivity contribution in [2.75, 3.05) is 6.61 Å². The third-order valence-corrected chi connectivity index (χ3v) is 2.27. The third-order valence-electron chi connectivity index (χ3n) is 2.10. The zero-order valence-corrected chi connectivity index (χ0v) is 11.2. The van der Waals surface area contributed by atoms with Gasteiger partial charge in [-0.1, -0.05) is 6.92 Å². The summed E-state index contributed by atoms with van der Waals surface area (Å²) in [5.41, 5.74) is 0. The van der Waals surface area contributed by atoms with Crippen molar-refractivity contribution in [3.8, 4) is 17.8 Å². The van der Waals surface area contributed by atoms with E-state index in [9.17, 15) is 8.78 Å². The van der Waals surface area contributed by atoms with Crippen molar-refractivity contribution in [3.63, 3.8) is 0 Å². The molecule has 0 spiro atoms. The molecular weight excluding hydrogens is 292 g/mol. The summed E-state index contributed by atoms with van der Waals surface area (Å²) in [7, 11) is 0. The Bertz CT molecular complexity index is 613. The molecular formula is C12H10ClF2N3O2. The summed E-state index contributed by atoms with van der Waals surface area (Å²) in [6.07, 6.45) is 0.748. The van der Waals surface area contributed by atoms with Gasteiger partial charge in [-0.25, -0.2) is 8.78 Å². The van der Waals surface area contributed by atoms with E-state index in [0.29, 0.717) is 6.61 Å². The van der Waals surface area contributed by atoms with Crippen LogP contribution in [0.4, 0.5) is 8.78 Å². The molecule has 0 saturated carbocycles. The molecule has 1 aromatic heterocycles. The SMILES string of the molecule is CCCOc1nc(Cl)nc(Oc2cc(F)ccc2F)n1. The number of ether oxygens (including phenoxy) is 2. The van der Waals surface area contributed by atoms with Crippen LogP contribution in [0.25, 0.3) is 0 Å². The number of hydrogen-bond acceptors (Lipinski definition) is 5. The third kappa shape index (κ3) is 3.74. The molecule has 0 N–H and O–H groups in total. The lowest BCUT2D eigenvalue weighted by Crippen LogP contribution is -2.03. The second kappa shape index (κ2) is 6.42. The first-order valence-corrected chi connectivity index (χ1v) is 6.13. The highest BCUT2D eigenvalue weighted by Gasteiger charge is 2.11. The van der Waals surface area contributed by atoms with Gasteiger partial charge in [0.15, 0.2) is 11.6 Å². The van der Waals surface area contributed by atoms with Crippen LogP contribution in [0.15, 0.2) is 18.2 Å². The van der Waals surface area contributed by atoms with E-state index >= 15 is 0 Å². The van der Waals surface area contributed by atoms with E-state index < -0.39 is 11.6 Å². The molecule has 1 heterocycles. The van der Waals surface area contributed by atoms with Crippen LogP contribution in [0.5, 0.6) is 17.8 Å². The van der Waals surface area contributed by atoms with Gasteiger partial charge in [0.05, 0.1) is 6.61 Å². The molecule has 0 aliphatic heterocycles. The minimum absolute atomic E-state index is 0.0429. The van der Waals surface area contributed by atoms with Crippen molar-refractivity contribution < 1.29 is 18.3 Å². The van der Waals surface area contributed by atoms with Gasteiger partial charge < -0.3 is 9.47 Å². The van der Waals surface area contributed by atoms with Crippen molar-refractivity contribution in [1.29, 1.82) is 0 Å². The maximum Gasteiger partial charge on any atom is 0.329 e. The highest BCUT2D eigenvalue weighted by Crippen LogP contribution is 2.24. The molecule has 0 bridgehead atoms. The van der Waals surface area contributed by atoms with Crippen LogP contribution < -0.4 is 9.47 Å². The Kier molecular flexibility index (Phi) is 4.62. The second-order valence-corrected chi connectivity index (χ2v) is 4.03. The lowest BCUT2D eigenvalue weighted by Gasteiger charge is -2.07. The number of aromatic nitrogens is 3. The zero-order chi connectivity index (χ0) is 14.5. The summed E-state index contributed by atoms with van der Waals surface area (Å²) in [6, 6.07) is 2.46. The van der Waals surface area contributed by atoms with Gasteiger partial charge in [0.2, 0.25) is 5.28 Å². The summed E-state index contributed by atoms with van der Waals surface area (Å²) in [6.45, 7) is 2.29. The van der Waals surface area contributed by atoms with Gasteiger partial charge in [-0.3, -0.25) is 0 Å². The Morgan fingerprint density at radius 2 is 1.90 bits per heavy atom. The smallest absolute Gasteiger partial charge is 0.329 e. The molecule has 1 aromatic carbocycles. The Balaban J connectivity index is 2.24. The minimum atomic E-state index is -0.751. The largest absolute Gasteiger partial charge is 0.463 e. The Labute approximate surface area is 118 Å². The van der Waals surface area contributed by atoms with Gasteiger partial charge in [0.1, 0.15) is 5.82 Å². The molecule has 0 unspecified atom stereocenters. The van der Waals surface area contributed by atoms with Gasteiger partial charge >= 0.3 is 12.0 Å². The van der Waals surface area contributed by atoms with E-state index in [4.69, 9.17) is 21.1 Å². The van der Waals surface area contributed by atoms with E-state index in [1.54, 1.807) is 0 Å². The lowest BCUT2D eigenvalue weighted by atomic mass is 10.3. The highest BCUT2D eigenvalue weighted by molar-refractivity contribution is 6.28. The first kappa shape index (κ1) is 14.4. The molecule has 0 fully saturated rings. The quantitative estimate of drug-likeness (QED) is 0.847. The Morgan fingerprint density at radius 1 is 1.15 bits per heavy atom. The van der Waals surface area contributed by atoms with E-state index in [1.165, 1.54) is 0 Å². The molecule has 20 heavy (non-hydrogen) atoms. The van der Waals surface area contributed by atoms with E-state index in [1.807, 2.05) is 6.92 Å². The molecule has 0 amide bonds. The Hall–Kier alpha value is -2.02. The summed E-state index contributed by atoms with van der Waals surface area (Å²) in [4.78, 5) is 11.2. The molecule has 0 saturated heterocycles. The highest BCUT2D eigenvalue weighted by atomic mass is 35.5. The van der Waals surface area contributed by atoms with Crippen LogP contribution in [0.3, 0.4) is 0 Å². The predicted molar refractivity (Wildman–Crippen MR) is 67.1 cm³/mol. The minimum Gasteiger partial charge on any atom is -0.463 e. The average Bonchev–Trinajstić information content (AvgIpc) is 2.40. The van der Waals surface area contributed by atoms with Crippen LogP contribution in [-0.2, 0) is 0 Å². The maximum absolute atomic E-state index is 13.4. The average molecular weight is 302 g/mol. The van der Waals surface area contributed by atoms with Crippen molar-refractivity contribution in [2.24, 2.45) is 0 Å². The maximum atomic E-state index is 13.4. The predicted octanol–water partition coefficient (Wildman–Crippen LogP) is 3.38. The standard InChI is InChI=1S/C12H10ClF2N3O2/c1-2-5-19-11-16-10(13)17-12(18-11)20-9-6-7(14)3-4-8(9)15/h3-4,6H,2,5H2,1H3. The van der Waals surface area contributed by atoms with Gasteiger partial charge in [-0.2, -0.15) is 9.97 Å². The lowest BCUT2D eigenvalue weighted by molar-refractivity contribution is 0.284. The molecule has 0 atom stereocenters. The molecule has 0 aliphatic rings. The fourth-order valence-electron chi connectivity index (χ4n) is 1.27. The van der Waals surface area contributed by atoms with E-state index in [0.717, 1.165) is 24.6 Å². The second-order valence-electron chi connectivity index (χ2n) is 3.69. The van der Waals surface area contributed by atoms with Crippen LogP contribution in [-0.4, -0.2) is 21.6 Å². The first-order valence-electron chi connectivity index (χ1n) is 5.75. The van der Waals surface area contributed by atoms with Crippen LogP contribution in [0, 0.1) is 11.6 Å². The molecule has 106 valence electrons. The normalized spacial score (nSPS) is 10.4. The van der Waals surface area contributed by atoms with Crippen molar-refractivity contribution in [1.82, 2.24) is 15.0 Å². The van der Waals surface area contributed by atoms with E-state index in [2.05, 4.69) is 15.0 Å². The van der Waals surface area contributed by atoms with Crippen molar-refractivity contribution in [3.05, 3.63) is 35.1 Å². The molecule has 2 aromatic rings. The van der Waals surface area contributed by atoms with Gasteiger partial charge in [0.25, 0.3) is 0 Å². The molecule has 0 radical (unpaired) electrons. The number of halogens is 3. The van der Waals surface area contributed by atoms with Crippen LogP contribution in [0.2, 0.25) is 5.28 Å². The summed E-state index contributed by atoms with van der Waals surface area (Å²) in [5, 5.41) is -0.169. The summed E-state index contributed by atoms with van der Waals surface area (Å²) >= 11 is 5.68. The van der Waals surface area contributed by atoms with E-state index in [-0.39, 0.29) is 23.1 Å². The monoisotopic (exact) mass is 301 g/mol. The first-order chi connectivity index (χ1) is 9.58. The number of nitrogens with zero attached hydrogens (tertiary/aromatic N) is 3. The van der Waals surface area contributed by atoms with Crippen LogP contribution in [0.1, 0.15) is 13.3 Å². The van der Waals surface area contributed by atoms with Gasteiger partial charge in [0, 0.05) is 6.07 Å². The molecule has 8 heteroatoms. The van der Waals surface area contributed by atoms with Gasteiger partial charge in [-0.15, -0.1) is 4.98 Å². The summed E-state index contributed by atoms with van der Waals surface area (Å²) < 4.78 is 36.7. The fourth-order valence-corrected chi connectivity index (χ4v) is 1.42. The Morgan fingerprint density at radius 3 is 2.65 bits per heavy atom. The molecule has 5 nitrogen and oxygen atoms in total. The topological polar surface area (TPSA) is 57.1 Å².